The van der Waals surface area contributed by atoms with Crippen molar-refractivity contribution in [2.24, 2.45) is 0 Å². The van der Waals surface area contributed by atoms with E-state index in [0.717, 1.165) is 17.2 Å². The number of nitrogens with one attached hydrogen (secondary N) is 1. The lowest BCUT2D eigenvalue weighted by Gasteiger charge is -2.20. The van der Waals surface area contributed by atoms with Gasteiger partial charge in [-0.05, 0) is 19.8 Å². The summed E-state index contributed by atoms with van der Waals surface area (Å²) in [7, 11) is 0. The number of aryl methyl sites for hydroxylation is 1. The molecule has 0 aromatic carbocycles. The summed E-state index contributed by atoms with van der Waals surface area (Å²) >= 11 is 1.50. The van der Waals surface area contributed by atoms with Gasteiger partial charge in [0.15, 0.2) is 0 Å². The van der Waals surface area contributed by atoms with Crippen LogP contribution in [0, 0.1) is 6.92 Å². The zero-order valence-electron chi connectivity index (χ0n) is 12.5. The van der Waals surface area contributed by atoms with Gasteiger partial charge in [0.05, 0.1) is 0 Å². The van der Waals surface area contributed by atoms with Crippen molar-refractivity contribution >= 4 is 16.3 Å². The summed E-state index contributed by atoms with van der Waals surface area (Å²) in [4.78, 5) is 16.9. The van der Waals surface area contributed by atoms with Crippen molar-refractivity contribution in [3.63, 3.8) is 0 Å². The van der Waals surface area contributed by atoms with E-state index in [1.807, 2.05) is 6.92 Å². The van der Waals surface area contributed by atoms with E-state index in [2.05, 4.69) is 15.4 Å². The minimum absolute atomic E-state index is 0.0917. The zero-order chi connectivity index (χ0) is 14.7. The van der Waals surface area contributed by atoms with E-state index in [4.69, 9.17) is 0 Å². The maximum atomic E-state index is 11.8. The van der Waals surface area contributed by atoms with Crippen LogP contribution in [0.2, 0.25) is 0 Å². The van der Waals surface area contributed by atoms with E-state index in [-0.39, 0.29) is 5.56 Å². The Bertz CT molecular complexity index is 655. The maximum Gasteiger partial charge on any atom is 0.275 e. The van der Waals surface area contributed by atoms with Crippen LogP contribution in [0.5, 0.6) is 0 Å². The summed E-state index contributed by atoms with van der Waals surface area (Å²) in [6, 6.07) is 2.11. The molecule has 1 fully saturated rings. The third-order valence-electron chi connectivity index (χ3n) is 4.06. The fourth-order valence-electron chi connectivity index (χ4n) is 2.92. The van der Waals surface area contributed by atoms with E-state index < -0.39 is 0 Å². The second-order valence-electron chi connectivity index (χ2n) is 5.85. The molecule has 0 amide bonds. The van der Waals surface area contributed by atoms with E-state index in [0.29, 0.717) is 11.0 Å². The normalized spacial score (nSPS) is 17.8. The predicted octanol–water partition coefficient (Wildman–Crippen LogP) is 2.66. The van der Waals surface area contributed by atoms with Crippen LogP contribution in [-0.2, 0) is 6.54 Å². The van der Waals surface area contributed by atoms with Gasteiger partial charge in [0.25, 0.3) is 5.56 Å². The Morgan fingerprint density at radius 3 is 2.76 bits per heavy atom. The molecular weight excluding hydrogens is 284 g/mol. The molecule has 0 bridgehead atoms. The molecular formula is C15H22N4OS. The van der Waals surface area contributed by atoms with Crippen LogP contribution in [0.15, 0.2) is 10.9 Å². The van der Waals surface area contributed by atoms with Crippen molar-refractivity contribution in [2.75, 3.05) is 0 Å². The number of hydrogen-bond acceptors (Lipinski definition) is 5. The number of aromatic nitrogens is 3. The van der Waals surface area contributed by atoms with Gasteiger partial charge in [-0.3, -0.25) is 4.79 Å². The molecule has 21 heavy (non-hydrogen) atoms. The van der Waals surface area contributed by atoms with Crippen LogP contribution < -0.4 is 10.9 Å². The molecule has 0 unspecified atom stereocenters. The molecule has 0 atom stereocenters. The molecule has 0 spiro atoms. The van der Waals surface area contributed by atoms with Gasteiger partial charge in [-0.2, -0.15) is 9.61 Å². The molecule has 2 aromatic rings. The molecule has 2 heterocycles. The Labute approximate surface area is 128 Å². The van der Waals surface area contributed by atoms with Crippen LogP contribution in [0.1, 0.15) is 55.6 Å². The molecule has 6 heteroatoms. The van der Waals surface area contributed by atoms with Gasteiger partial charge in [0.1, 0.15) is 5.01 Å². The predicted molar refractivity (Wildman–Crippen MR) is 84.8 cm³/mol. The molecule has 0 radical (unpaired) electrons. The first-order valence-corrected chi connectivity index (χ1v) is 8.64. The highest BCUT2D eigenvalue weighted by molar-refractivity contribution is 7.16. The average molecular weight is 306 g/mol. The molecule has 114 valence electrons. The summed E-state index contributed by atoms with van der Waals surface area (Å²) < 4.78 is 1.41. The monoisotopic (exact) mass is 306 g/mol. The first-order chi connectivity index (χ1) is 10.2. The first kappa shape index (κ1) is 14.7. The maximum absolute atomic E-state index is 11.8. The molecule has 2 aromatic heterocycles. The molecule has 1 saturated carbocycles. The van der Waals surface area contributed by atoms with Gasteiger partial charge >= 0.3 is 0 Å². The Hall–Kier alpha value is -1.27. The molecule has 1 aliphatic rings. The van der Waals surface area contributed by atoms with Crippen molar-refractivity contribution < 1.29 is 0 Å². The Morgan fingerprint density at radius 2 is 2.00 bits per heavy atom. The van der Waals surface area contributed by atoms with E-state index in [1.165, 1.54) is 66.9 Å². The molecule has 1 aliphatic carbocycles. The third kappa shape index (κ3) is 3.68. The standard InChI is InChI=1S/C15H22N4OS/c1-11-9-14(20)19-15(17-11)21-13(18-19)10-16-12-7-5-3-2-4-6-8-12/h9,12,16H,2-8,10H2,1H3. The van der Waals surface area contributed by atoms with Gasteiger partial charge in [-0.1, -0.05) is 43.4 Å². The lowest BCUT2D eigenvalue weighted by molar-refractivity contribution is 0.388. The summed E-state index contributed by atoms with van der Waals surface area (Å²) in [6.45, 7) is 2.57. The smallest absolute Gasteiger partial charge is 0.275 e. The molecule has 1 N–H and O–H groups in total. The minimum atomic E-state index is -0.0917. The Balaban J connectivity index is 1.67. The van der Waals surface area contributed by atoms with Crippen LogP contribution >= 0.6 is 11.3 Å². The summed E-state index contributed by atoms with van der Waals surface area (Å²) in [5.74, 6) is 0. The van der Waals surface area contributed by atoms with Crippen molar-refractivity contribution in [1.82, 2.24) is 19.9 Å². The third-order valence-corrected chi connectivity index (χ3v) is 4.97. The topological polar surface area (TPSA) is 59.3 Å². The van der Waals surface area contributed by atoms with Crippen LogP contribution in [0.25, 0.3) is 4.96 Å². The van der Waals surface area contributed by atoms with Gasteiger partial charge in [0, 0.05) is 24.3 Å². The second kappa shape index (κ2) is 6.66. The van der Waals surface area contributed by atoms with Gasteiger partial charge in [-0.15, -0.1) is 0 Å². The molecule has 0 aliphatic heterocycles. The SMILES string of the molecule is Cc1cc(=O)n2nc(CNC3CCCCCCC3)sc2n1. The quantitative estimate of drug-likeness (QED) is 0.947. The van der Waals surface area contributed by atoms with Crippen LogP contribution in [-0.4, -0.2) is 20.6 Å². The number of nitrogens with zero attached hydrogens (tertiary/aromatic N) is 3. The number of hydrogen-bond donors (Lipinski definition) is 1. The zero-order valence-corrected chi connectivity index (χ0v) is 13.3. The highest BCUT2D eigenvalue weighted by Crippen LogP contribution is 2.18. The summed E-state index contributed by atoms with van der Waals surface area (Å²) in [5, 5.41) is 8.92. The van der Waals surface area contributed by atoms with Crippen molar-refractivity contribution in [2.45, 2.75) is 64.5 Å². The van der Waals surface area contributed by atoms with Crippen molar-refractivity contribution in [3.8, 4) is 0 Å². The summed E-state index contributed by atoms with van der Waals surface area (Å²) in [6.07, 6.45) is 9.24. The molecule has 5 nitrogen and oxygen atoms in total. The minimum Gasteiger partial charge on any atom is -0.308 e. The first-order valence-electron chi connectivity index (χ1n) is 7.82. The lowest BCUT2D eigenvalue weighted by atomic mass is 9.97. The van der Waals surface area contributed by atoms with E-state index in [9.17, 15) is 4.79 Å². The number of rotatable bonds is 3. The Kier molecular flexibility index (Phi) is 4.65. The largest absolute Gasteiger partial charge is 0.308 e. The van der Waals surface area contributed by atoms with Crippen molar-refractivity contribution in [1.29, 1.82) is 0 Å². The van der Waals surface area contributed by atoms with E-state index >= 15 is 0 Å². The Morgan fingerprint density at radius 1 is 1.29 bits per heavy atom. The highest BCUT2D eigenvalue weighted by Gasteiger charge is 2.13. The fourth-order valence-corrected chi connectivity index (χ4v) is 3.82. The second-order valence-corrected chi connectivity index (χ2v) is 6.89. The van der Waals surface area contributed by atoms with Gasteiger partial charge in [0.2, 0.25) is 4.96 Å². The van der Waals surface area contributed by atoms with E-state index in [1.54, 1.807) is 0 Å². The number of fused-ring (bicyclic) bond motifs is 1. The molecule has 0 saturated heterocycles. The van der Waals surface area contributed by atoms with Crippen LogP contribution in [0.3, 0.4) is 0 Å². The average Bonchev–Trinajstić information content (AvgIpc) is 2.80. The molecule has 3 rings (SSSR count). The van der Waals surface area contributed by atoms with Gasteiger partial charge in [-0.25, -0.2) is 4.98 Å². The lowest BCUT2D eigenvalue weighted by Crippen LogP contribution is -2.29. The van der Waals surface area contributed by atoms with Gasteiger partial charge < -0.3 is 5.32 Å². The van der Waals surface area contributed by atoms with Crippen LogP contribution in [0.4, 0.5) is 0 Å². The summed E-state index contributed by atoms with van der Waals surface area (Å²) in [5.41, 5.74) is 0.661. The highest BCUT2D eigenvalue weighted by atomic mass is 32.1. The van der Waals surface area contributed by atoms with Crippen molar-refractivity contribution in [3.05, 3.63) is 27.1 Å². The fraction of sp³-hybridized carbons (Fsp3) is 0.667.